The molecule has 0 amide bonds. The summed E-state index contributed by atoms with van der Waals surface area (Å²) in [6.07, 6.45) is -0.0137. The number of ether oxygens (including phenoxy) is 2. The number of hydrogen-bond donors (Lipinski definition) is 3. The van der Waals surface area contributed by atoms with Gasteiger partial charge in [0.1, 0.15) is 30.5 Å². The number of methoxy groups -OCH3 is 1. The normalized spacial score (nSPS) is 30.1. The fraction of sp³-hybridized carbons (Fsp3) is 0.545. The fourth-order valence-electron chi connectivity index (χ4n) is 2.34. The molecule has 108 valence electrons. The predicted octanol–water partition coefficient (Wildman–Crippen LogP) is -1.33. The highest BCUT2D eigenvalue weighted by molar-refractivity contribution is 5.84. The fourth-order valence-corrected chi connectivity index (χ4v) is 2.34. The lowest BCUT2D eigenvalue weighted by Crippen LogP contribution is -2.34. The highest BCUT2D eigenvalue weighted by Crippen LogP contribution is 2.32. The maximum Gasteiger partial charge on any atom is 0.186 e. The number of nitrogens with zero attached hydrogens (tertiary/aromatic N) is 4. The van der Waals surface area contributed by atoms with Crippen molar-refractivity contribution in [3.8, 4) is 0 Å². The number of hydrogen-bond acceptors (Lipinski definition) is 8. The van der Waals surface area contributed by atoms with E-state index in [1.165, 1.54) is 18.1 Å². The first kappa shape index (κ1) is 13.2. The smallest absolute Gasteiger partial charge is 0.186 e. The molecule has 0 aromatic carbocycles. The number of aliphatic hydroxyl groups is 2. The molecule has 0 unspecified atom stereocenters. The van der Waals surface area contributed by atoms with E-state index >= 15 is 0 Å². The summed E-state index contributed by atoms with van der Waals surface area (Å²) >= 11 is 0. The molecule has 3 heterocycles. The zero-order valence-corrected chi connectivity index (χ0v) is 10.7. The van der Waals surface area contributed by atoms with Gasteiger partial charge in [0.25, 0.3) is 0 Å². The molecule has 4 atom stereocenters. The van der Waals surface area contributed by atoms with E-state index in [2.05, 4.69) is 15.1 Å². The minimum atomic E-state index is -0.939. The highest BCUT2D eigenvalue weighted by atomic mass is 16.6. The van der Waals surface area contributed by atoms with Crippen LogP contribution in [-0.2, 0) is 9.47 Å². The molecule has 2 aromatic rings. The van der Waals surface area contributed by atoms with Gasteiger partial charge in [0.2, 0.25) is 0 Å². The maximum absolute atomic E-state index is 10.0. The first-order valence-corrected chi connectivity index (χ1v) is 6.08. The maximum atomic E-state index is 10.0. The molecular weight excluding hydrogens is 266 g/mol. The van der Waals surface area contributed by atoms with Gasteiger partial charge in [-0.25, -0.2) is 14.6 Å². The Morgan fingerprint density at radius 3 is 2.95 bits per heavy atom. The number of aromatic nitrogens is 4. The van der Waals surface area contributed by atoms with E-state index in [1.54, 1.807) is 6.20 Å². The zero-order valence-electron chi connectivity index (χ0n) is 10.7. The second kappa shape index (κ2) is 4.94. The second-order valence-corrected chi connectivity index (χ2v) is 4.54. The highest BCUT2D eigenvalue weighted by Gasteiger charge is 2.45. The van der Waals surface area contributed by atoms with Crippen LogP contribution in [0.1, 0.15) is 6.23 Å². The molecule has 20 heavy (non-hydrogen) atoms. The van der Waals surface area contributed by atoms with Crippen molar-refractivity contribution < 1.29 is 19.7 Å². The van der Waals surface area contributed by atoms with E-state index in [-0.39, 0.29) is 6.61 Å². The van der Waals surface area contributed by atoms with Crippen molar-refractivity contribution in [2.45, 2.75) is 24.5 Å². The van der Waals surface area contributed by atoms with Crippen LogP contribution >= 0.6 is 0 Å². The van der Waals surface area contributed by atoms with Crippen molar-refractivity contribution in [1.29, 1.82) is 0 Å². The van der Waals surface area contributed by atoms with Crippen LogP contribution in [-0.4, -0.2) is 62.0 Å². The largest absolute Gasteiger partial charge is 0.394 e. The molecule has 9 heteroatoms. The predicted molar refractivity (Wildman–Crippen MR) is 67.5 cm³/mol. The third-order valence-electron chi connectivity index (χ3n) is 3.39. The summed E-state index contributed by atoms with van der Waals surface area (Å²) in [6, 6.07) is 0. The Morgan fingerprint density at radius 1 is 1.50 bits per heavy atom. The van der Waals surface area contributed by atoms with Crippen LogP contribution < -0.4 is 5.73 Å². The number of nitrogens with two attached hydrogens (primary N) is 1. The van der Waals surface area contributed by atoms with Crippen molar-refractivity contribution in [2.24, 2.45) is 0 Å². The molecule has 1 aliphatic rings. The van der Waals surface area contributed by atoms with E-state index in [4.69, 9.17) is 15.2 Å². The third-order valence-corrected chi connectivity index (χ3v) is 3.39. The average Bonchev–Trinajstić information content (AvgIpc) is 3.00. The molecule has 0 radical (unpaired) electrons. The van der Waals surface area contributed by atoms with Gasteiger partial charge in [-0.3, -0.25) is 0 Å². The number of fused-ring (bicyclic) bond motifs is 1. The van der Waals surface area contributed by atoms with E-state index in [1.807, 2.05) is 0 Å². The van der Waals surface area contributed by atoms with Gasteiger partial charge in [0.15, 0.2) is 11.9 Å². The molecular formula is C11H15N5O4. The first-order chi connectivity index (χ1) is 9.65. The van der Waals surface area contributed by atoms with Gasteiger partial charge in [0, 0.05) is 13.3 Å². The molecule has 2 aromatic heterocycles. The van der Waals surface area contributed by atoms with Gasteiger partial charge in [-0.1, -0.05) is 0 Å². The molecule has 3 rings (SSSR count). The van der Waals surface area contributed by atoms with Crippen LogP contribution in [0.2, 0.25) is 0 Å². The number of anilines is 1. The number of rotatable bonds is 3. The molecule has 0 spiro atoms. The number of aliphatic hydroxyl groups excluding tert-OH is 2. The molecule has 4 N–H and O–H groups in total. The Bertz CT molecular complexity index is 618. The van der Waals surface area contributed by atoms with E-state index in [0.717, 1.165) is 0 Å². The van der Waals surface area contributed by atoms with Crippen LogP contribution in [0.4, 0.5) is 5.82 Å². The van der Waals surface area contributed by atoms with Crippen LogP contribution in [0, 0.1) is 0 Å². The lowest BCUT2D eigenvalue weighted by molar-refractivity contribution is -0.0660. The monoisotopic (exact) mass is 281 g/mol. The third kappa shape index (κ3) is 1.91. The van der Waals surface area contributed by atoms with Crippen LogP contribution in [0.3, 0.4) is 0 Å². The second-order valence-electron chi connectivity index (χ2n) is 4.54. The van der Waals surface area contributed by atoms with Crippen molar-refractivity contribution in [3.63, 3.8) is 0 Å². The summed E-state index contributed by atoms with van der Waals surface area (Å²) < 4.78 is 12.3. The lowest BCUT2D eigenvalue weighted by atomic mass is 10.1. The minimum Gasteiger partial charge on any atom is -0.394 e. The summed E-state index contributed by atoms with van der Waals surface area (Å²) in [7, 11) is 1.46. The molecule has 1 aliphatic heterocycles. The van der Waals surface area contributed by atoms with Crippen LogP contribution in [0.25, 0.3) is 11.0 Å². The van der Waals surface area contributed by atoms with Gasteiger partial charge >= 0.3 is 0 Å². The Kier molecular flexibility index (Phi) is 3.26. The molecule has 0 aliphatic carbocycles. The van der Waals surface area contributed by atoms with Crippen molar-refractivity contribution in [1.82, 2.24) is 19.7 Å². The minimum absolute atomic E-state index is 0.305. The van der Waals surface area contributed by atoms with Gasteiger partial charge in [0.05, 0.1) is 12.0 Å². The Hall–Kier alpha value is -1.81. The molecule has 1 fully saturated rings. The number of nitrogen functional groups attached to an aromatic ring is 1. The summed E-state index contributed by atoms with van der Waals surface area (Å²) in [6.45, 7) is -0.305. The Labute approximate surface area is 113 Å². The SMILES string of the molecule is CO[C@@H]1[C@H](O)[C@@H](CO)O[C@H]1n1cc2c(N)ncnc2n1. The van der Waals surface area contributed by atoms with Crippen LogP contribution in [0.5, 0.6) is 0 Å². The first-order valence-electron chi connectivity index (χ1n) is 6.08. The molecule has 0 bridgehead atoms. The summed E-state index contributed by atoms with van der Waals surface area (Å²) in [5.41, 5.74) is 6.18. The van der Waals surface area contributed by atoms with E-state index in [0.29, 0.717) is 16.9 Å². The van der Waals surface area contributed by atoms with Crippen LogP contribution in [0.15, 0.2) is 12.5 Å². The quantitative estimate of drug-likeness (QED) is 0.631. The van der Waals surface area contributed by atoms with Gasteiger partial charge in [-0.05, 0) is 0 Å². The molecule has 1 saturated heterocycles. The van der Waals surface area contributed by atoms with Gasteiger partial charge < -0.3 is 25.4 Å². The van der Waals surface area contributed by atoms with Crippen molar-refractivity contribution >= 4 is 16.9 Å². The molecule has 0 saturated carbocycles. The van der Waals surface area contributed by atoms with E-state index < -0.39 is 24.5 Å². The van der Waals surface area contributed by atoms with E-state index in [9.17, 15) is 10.2 Å². The summed E-state index contributed by atoms with van der Waals surface area (Å²) in [4.78, 5) is 7.90. The van der Waals surface area contributed by atoms with Crippen molar-refractivity contribution in [2.75, 3.05) is 19.5 Å². The van der Waals surface area contributed by atoms with Gasteiger partial charge in [-0.2, -0.15) is 0 Å². The molecule has 9 nitrogen and oxygen atoms in total. The van der Waals surface area contributed by atoms with Gasteiger partial charge in [-0.15, -0.1) is 5.10 Å². The van der Waals surface area contributed by atoms with Crippen molar-refractivity contribution in [3.05, 3.63) is 12.5 Å². The summed E-state index contributed by atoms with van der Waals surface area (Å²) in [5.74, 6) is 0.312. The summed E-state index contributed by atoms with van der Waals surface area (Å²) in [5, 5.41) is 24.0. The standard InChI is InChI=1S/C11H15N5O4/c1-19-8-7(18)6(3-17)20-11(8)16-2-5-9(12)13-4-14-10(5)15-16/h2,4,6-8,11,17-18H,3H2,1H3,(H2,12,13,14,15)/t6-,7-,8-,11-/m1/s1. The topological polar surface area (TPSA) is 129 Å². The Morgan fingerprint density at radius 2 is 2.30 bits per heavy atom. The Balaban J connectivity index is 1.99. The average molecular weight is 281 g/mol. The lowest BCUT2D eigenvalue weighted by Gasteiger charge is -2.18. The zero-order chi connectivity index (χ0) is 14.3.